The predicted molar refractivity (Wildman–Crippen MR) is 76.0 cm³/mol. The van der Waals surface area contributed by atoms with Crippen LogP contribution in [0.15, 0.2) is 17.2 Å². The van der Waals surface area contributed by atoms with Gasteiger partial charge in [-0.25, -0.2) is 4.98 Å². The maximum atomic E-state index is 5.82. The minimum atomic E-state index is 0.101. The maximum absolute atomic E-state index is 5.82. The molecule has 2 aromatic heterocycles. The van der Waals surface area contributed by atoms with Crippen LogP contribution in [0.25, 0.3) is 0 Å². The third-order valence-electron chi connectivity index (χ3n) is 4.33. The van der Waals surface area contributed by atoms with Crippen LogP contribution >= 0.6 is 0 Å². The zero-order valence-corrected chi connectivity index (χ0v) is 12.6. The summed E-state index contributed by atoms with van der Waals surface area (Å²) in [6, 6.07) is 0.113. The van der Waals surface area contributed by atoms with E-state index in [0.29, 0.717) is 25.0 Å². The maximum Gasteiger partial charge on any atom is 0.243 e. The summed E-state index contributed by atoms with van der Waals surface area (Å²) in [5.74, 6) is 2.10. The summed E-state index contributed by atoms with van der Waals surface area (Å²) >= 11 is 0. The number of rotatable bonds is 5. The van der Waals surface area contributed by atoms with Crippen molar-refractivity contribution < 1.29 is 9.26 Å². The Morgan fingerprint density at radius 1 is 1.41 bits per heavy atom. The summed E-state index contributed by atoms with van der Waals surface area (Å²) in [4.78, 5) is 10.9. The lowest BCUT2D eigenvalue weighted by atomic mass is 10.2. The molecule has 1 aliphatic carbocycles. The van der Waals surface area contributed by atoms with Crippen molar-refractivity contribution in [2.75, 3.05) is 19.7 Å². The molecule has 0 unspecified atom stereocenters. The zero-order valence-electron chi connectivity index (χ0n) is 12.6. The number of ether oxygens (including phenoxy) is 1. The van der Waals surface area contributed by atoms with Gasteiger partial charge < -0.3 is 9.26 Å². The van der Waals surface area contributed by atoms with Crippen LogP contribution in [-0.4, -0.2) is 55.6 Å². The predicted octanol–water partition coefficient (Wildman–Crippen LogP) is 1.00. The fourth-order valence-electron chi connectivity index (χ4n) is 2.82. The van der Waals surface area contributed by atoms with Crippen molar-refractivity contribution in [3.63, 3.8) is 0 Å². The summed E-state index contributed by atoms with van der Waals surface area (Å²) in [6.07, 6.45) is 5.73. The van der Waals surface area contributed by atoms with Crippen LogP contribution in [0.2, 0.25) is 0 Å². The Morgan fingerprint density at radius 3 is 3.09 bits per heavy atom. The molecule has 0 amide bonds. The highest BCUT2D eigenvalue weighted by molar-refractivity contribution is 5.04. The minimum absolute atomic E-state index is 0.101. The molecule has 2 aliphatic rings. The van der Waals surface area contributed by atoms with E-state index in [1.54, 1.807) is 17.3 Å². The molecule has 1 saturated carbocycles. The van der Waals surface area contributed by atoms with E-state index in [-0.39, 0.29) is 12.1 Å². The molecule has 2 fully saturated rings. The molecule has 22 heavy (non-hydrogen) atoms. The zero-order chi connectivity index (χ0) is 14.9. The number of hydrogen-bond acceptors (Lipinski definition) is 7. The summed E-state index contributed by atoms with van der Waals surface area (Å²) in [7, 11) is 0. The normalized spacial score (nSPS) is 24.5. The second kappa shape index (κ2) is 5.77. The molecule has 1 saturated heterocycles. The molecule has 0 N–H and O–H groups in total. The van der Waals surface area contributed by atoms with Gasteiger partial charge in [-0.2, -0.15) is 10.1 Å². The SMILES string of the molecule is C[C@H](c1nc(C2CC2)no1)N1CCO[C@H](Cn2cncn2)C1. The van der Waals surface area contributed by atoms with Crippen LogP contribution in [0.4, 0.5) is 0 Å². The number of hydrogen-bond donors (Lipinski definition) is 0. The molecular weight excluding hydrogens is 284 g/mol. The average Bonchev–Trinajstić information content (AvgIpc) is 3.06. The quantitative estimate of drug-likeness (QED) is 0.815. The van der Waals surface area contributed by atoms with E-state index in [2.05, 4.69) is 32.0 Å². The first kappa shape index (κ1) is 13.8. The fraction of sp³-hybridized carbons (Fsp3) is 0.714. The van der Waals surface area contributed by atoms with E-state index in [0.717, 1.165) is 18.9 Å². The Morgan fingerprint density at radius 2 is 2.32 bits per heavy atom. The van der Waals surface area contributed by atoms with E-state index in [1.807, 2.05) is 0 Å². The lowest BCUT2D eigenvalue weighted by Crippen LogP contribution is -2.45. The Bertz CT molecular complexity index is 609. The van der Waals surface area contributed by atoms with Crippen molar-refractivity contribution in [1.82, 2.24) is 29.8 Å². The van der Waals surface area contributed by atoms with Gasteiger partial charge in [-0.15, -0.1) is 0 Å². The third kappa shape index (κ3) is 2.89. The van der Waals surface area contributed by atoms with Gasteiger partial charge in [-0.1, -0.05) is 5.16 Å². The lowest BCUT2D eigenvalue weighted by molar-refractivity contribution is -0.0532. The Hall–Kier alpha value is -1.80. The highest BCUT2D eigenvalue weighted by Gasteiger charge is 2.32. The lowest BCUT2D eigenvalue weighted by Gasteiger charge is -2.35. The molecular formula is C14H20N6O2. The van der Waals surface area contributed by atoms with Gasteiger partial charge in [0.05, 0.1) is 25.3 Å². The Kier molecular flexibility index (Phi) is 3.63. The van der Waals surface area contributed by atoms with Gasteiger partial charge >= 0.3 is 0 Å². The van der Waals surface area contributed by atoms with Crippen molar-refractivity contribution in [1.29, 1.82) is 0 Å². The van der Waals surface area contributed by atoms with Crippen molar-refractivity contribution in [3.05, 3.63) is 24.4 Å². The van der Waals surface area contributed by atoms with E-state index < -0.39 is 0 Å². The van der Waals surface area contributed by atoms with Crippen LogP contribution in [-0.2, 0) is 11.3 Å². The van der Waals surface area contributed by atoms with Crippen molar-refractivity contribution in [2.24, 2.45) is 0 Å². The second-order valence-electron chi connectivity index (χ2n) is 6.05. The first-order chi connectivity index (χ1) is 10.8. The summed E-state index contributed by atoms with van der Waals surface area (Å²) < 4.78 is 13.1. The average molecular weight is 304 g/mol. The second-order valence-corrected chi connectivity index (χ2v) is 6.05. The topological polar surface area (TPSA) is 82.1 Å². The smallest absolute Gasteiger partial charge is 0.243 e. The van der Waals surface area contributed by atoms with Crippen LogP contribution in [0.3, 0.4) is 0 Å². The fourth-order valence-corrected chi connectivity index (χ4v) is 2.82. The van der Waals surface area contributed by atoms with Gasteiger partial charge in [0.25, 0.3) is 0 Å². The molecule has 8 nitrogen and oxygen atoms in total. The van der Waals surface area contributed by atoms with Gasteiger partial charge in [0.15, 0.2) is 5.82 Å². The van der Waals surface area contributed by atoms with E-state index >= 15 is 0 Å². The van der Waals surface area contributed by atoms with E-state index in [9.17, 15) is 0 Å². The molecule has 4 rings (SSSR count). The Labute approximate surface area is 128 Å². The highest BCUT2D eigenvalue weighted by atomic mass is 16.5. The van der Waals surface area contributed by atoms with Gasteiger partial charge in [-0.05, 0) is 19.8 Å². The molecule has 1 aliphatic heterocycles. The Balaban J connectivity index is 1.39. The van der Waals surface area contributed by atoms with Crippen molar-refractivity contribution >= 4 is 0 Å². The molecule has 0 radical (unpaired) electrons. The molecule has 0 spiro atoms. The van der Waals surface area contributed by atoms with Crippen LogP contribution < -0.4 is 0 Å². The minimum Gasteiger partial charge on any atom is -0.374 e. The van der Waals surface area contributed by atoms with E-state index in [1.165, 1.54) is 12.8 Å². The standard InChI is InChI=1S/C14H20N6O2/c1-10(14-17-13(18-22-14)11-2-3-11)19-4-5-21-12(6-19)7-20-9-15-8-16-20/h8-12H,2-7H2,1H3/t10-,12+/m1/s1. The molecule has 0 aromatic carbocycles. The van der Waals surface area contributed by atoms with Gasteiger partial charge in [-0.3, -0.25) is 9.58 Å². The molecule has 8 heteroatoms. The summed E-state index contributed by atoms with van der Waals surface area (Å²) in [5, 5.41) is 8.24. The van der Waals surface area contributed by atoms with E-state index in [4.69, 9.17) is 9.26 Å². The van der Waals surface area contributed by atoms with Crippen LogP contribution in [0, 0.1) is 0 Å². The molecule has 2 aromatic rings. The molecule has 118 valence electrons. The highest BCUT2D eigenvalue weighted by Crippen LogP contribution is 2.38. The monoisotopic (exact) mass is 304 g/mol. The largest absolute Gasteiger partial charge is 0.374 e. The summed E-state index contributed by atoms with van der Waals surface area (Å²) in [6.45, 7) is 5.22. The number of nitrogens with zero attached hydrogens (tertiary/aromatic N) is 6. The summed E-state index contributed by atoms with van der Waals surface area (Å²) in [5.41, 5.74) is 0. The first-order valence-corrected chi connectivity index (χ1v) is 7.81. The van der Waals surface area contributed by atoms with Crippen molar-refractivity contribution in [3.8, 4) is 0 Å². The molecule has 3 heterocycles. The number of morpholine rings is 1. The first-order valence-electron chi connectivity index (χ1n) is 7.81. The van der Waals surface area contributed by atoms with Gasteiger partial charge in [0.1, 0.15) is 12.7 Å². The number of aromatic nitrogens is 5. The van der Waals surface area contributed by atoms with Gasteiger partial charge in [0.2, 0.25) is 5.89 Å². The van der Waals surface area contributed by atoms with Gasteiger partial charge in [0, 0.05) is 19.0 Å². The van der Waals surface area contributed by atoms with Crippen LogP contribution in [0.5, 0.6) is 0 Å². The molecule has 2 atom stereocenters. The molecule has 0 bridgehead atoms. The van der Waals surface area contributed by atoms with Crippen molar-refractivity contribution in [2.45, 2.75) is 44.4 Å². The van der Waals surface area contributed by atoms with Crippen LogP contribution in [0.1, 0.15) is 43.4 Å². The third-order valence-corrected chi connectivity index (χ3v) is 4.33.